The maximum Gasteiger partial charge on any atom is 0.240 e. The van der Waals surface area contributed by atoms with Crippen molar-refractivity contribution in [1.29, 1.82) is 5.26 Å². The summed E-state index contributed by atoms with van der Waals surface area (Å²) in [5.41, 5.74) is -0.925. The lowest BCUT2D eigenvalue weighted by molar-refractivity contribution is -0.128. The van der Waals surface area contributed by atoms with Crippen molar-refractivity contribution in [2.24, 2.45) is 5.41 Å². The van der Waals surface area contributed by atoms with E-state index in [9.17, 15) is 4.79 Å². The van der Waals surface area contributed by atoms with E-state index in [4.69, 9.17) is 10.00 Å². The molecule has 0 aromatic carbocycles. The zero-order chi connectivity index (χ0) is 11.9. The maximum absolute atomic E-state index is 11.6. The second kappa shape index (κ2) is 6.41. The van der Waals surface area contributed by atoms with Gasteiger partial charge in [0, 0.05) is 13.2 Å². The van der Waals surface area contributed by atoms with Crippen LogP contribution in [0.2, 0.25) is 0 Å². The summed E-state index contributed by atoms with van der Waals surface area (Å²) < 4.78 is 5.27. The quantitative estimate of drug-likeness (QED) is 0.725. The van der Waals surface area contributed by atoms with Gasteiger partial charge in [0.2, 0.25) is 5.91 Å². The van der Waals surface area contributed by atoms with E-state index in [1.165, 1.54) is 0 Å². The van der Waals surface area contributed by atoms with Crippen molar-refractivity contribution in [3.05, 3.63) is 0 Å². The third-order valence-corrected chi connectivity index (χ3v) is 2.46. The van der Waals surface area contributed by atoms with E-state index in [1.54, 1.807) is 6.92 Å². The summed E-state index contributed by atoms with van der Waals surface area (Å²) in [6, 6.07) is 2.03. The highest BCUT2D eigenvalue weighted by atomic mass is 16.5. The van der Waals surface area contributed by atoms with Crippen molar-refractivity contribution in [2.45, 2.75) is 40.2 Å². The monoisotopic (exact) mass is 212 g/mol. The van der Waals surface area contributed by atoms with Crippen molar-refractivity contribution in [3.63, 3.8) is 0 Å². The molecule has 0 spiro atoms. The standard InChI is InChI=1S/C11H20N2O2/c1-5-11(4,8-12)10(14)13-7-9(3)15-6-2/h9H,5-7H2,1-4H3,(H,13,14). The van der Waals surface area contributed by atoms with E-state index in [0.29, 0.717) is 19.6 Å². The van der Waals surface area contributed by atoms with Crippen LogP contribution in [-0.4, -0.2) is 25.2 Å². The van der Waals surface area contributed by atoms with Crippen LogP contribution in [0.1, 0.15) is 34.1 Å². The lowest BCUT2D eigenvalue weighted by atomic mass is 9.88. The molecular weight excluding hydrogens is 192 g/mol. The molecule has 0 aromatic heterocycles. The first kappa shape index (κ1) is 13.9. The molecule has 1 N–H and O–H groups in total. The Morgan fingerprint density at radius 3 is 2.60 bits per heavy atom. The third kappa shape index (κ3) is 4.30. The molecule has 4 nitrogen and oxygen atoms in total. The summed E-state index contributed by atoms with van der Waals surface area (Å²) in [6.45, 7) is 8.34. The number of hydrogen-bond acceptors (Lipinski definition) is 3. The first-order valence-electron chi connectivity index (χ1n) is 5.31. The molecule has 0 fully saturated rings. The molecule has 15 heavy (non-hydrogen) atoms. The molecule has 2 atom stereocenters. The summed E-state index contributed by atoms with van der Waals surface area (Å²) in [6.07, 6.45) is 0.497. The van der Waals surface area contributed by atoms with Crippen molar-refractivity contribution in [3.8, 4) is 6.07 Å². The van der Waals surface area contributed by atoms with Gasteiger partial charge in [-0.05, 0) is 27.2 Å². The Morgan fingerprint density at radius 1 is 1.60 bits per heavy atom. The van der Waals surface area contributed by atoms with Crippen LogP contribution in [0.3, 0.4) is 0 Å². The minimum Gasteiger partial charge on any atom is -0.377 e. The second-order valence-corrected chi connectivity index (χ2v) is 3.77. The Morgan fingerprint density at radius 2 is 2.20 bits per heavy atom. The minimum atomic E-state index is -0.925. The van der Waals surface area contributed by atoms with Gasteiger partial charge in [-0.2, -0.15) is 5.26 Å². The fourth-order valence-electron chi connectivity index (χ4n) is 1.07. The Balaban J connectivity index is 4.09. The Labute approximate surface area is 91.6 Å². The molecule has 0 radical (unpaired) electrons. The van der Waals surface area contributed by atoms with Crippen molar-refractivity contribution < 1.29 is 9.53 Å². The maximum atomic E-state index is 11.6. The van der Waals surface area contributed by atoms with Crippen molar-refractivity contribution >= 4 is 5.91 Å². The first-order chi connectivity index (χ1) is 7.00. The Bertz CT molecular complexity index is 247. The second-order valence-electron chi connectivity index (χ2n) is 3.77. The number of hydrogen-bond donors (Lipinski definition) is 1. The van der Waals surface area contributed by atoms with Crippen LogP contribution in [0.25, 0.3) is 0 Å². The number of carbonyl (C=O) groups is 1. The minimum absolute atomic E-state index is 0.0150. The van der Waals surface area contributed by atoms with Crippen LogP contribution < -0.4 is 5.32 Å². The predicted molar refractivity (Wildman–Crippen MR) is 58.1 cm³/mol. The van der Waals surface area contributed by atoms with Crippen LogP contribution in [-0.2, 0) is 9.53 Å². The molecule has 0 heterocycles. The lowest BCUT2D eigenvalue weighted by Crippen LogP contribution is -2.41. The normalized spacial score (nSPS) is 16.2. The molecule has 0 rings (SSSR count). The summed E-state index contributed by atoms with van der Waals surface area (Å²) in [5.74, 6) is -0.223. The van der Waals surface area contributed by atoms with E-state index >= 15 is 0 Å². The van der Waals surface area contributed by atoms with E-state index in [1.807, 2.05) is 26.8 Å². The van der Waals surface area contributed by atoms with Gasteiger partial charge in [-0.1, -0.05) is 6.92 Å². The zero-order valence-electron chi connectivity index (χ0n) is 9.96. The van der Waals surface area contributed by atoms with Gasteiger partial charge in [0.1, 0.15) is 5.41 Å². The van der Waals surface area contributed by atoms with E-state index in [0.717, 1.165) is 0 Å². The van der Waals surface area contributed by atoms with Crippen LogP contribution in [0.4, 0.5) is 0 Å². The number of ether oxygens (including phenoxy) is 1. The average molecular weight is 212 g/mol. The van der Waals surface area contributed by atoms with Crippen molar-refractivity contribution in [2.75, 3.05) is 13.2 Å². The average Bonchev–Trinajstić information content (AvgIpc) is 2.25. The summed E-state index contributed by atoms with van der Waals surface area (Å²) in [4.78, 5) is 11.6. The van der Waals surface area contributed by atoms with Gasteiger partial charge in [-0.25, -0.2) is 0 Å². The first-order valence-corrected chi connectivity index (χ1v) is 5.31. The lowest BCUT2D eigenvalue weighted by Gasteiger charge is -2.20. The fourth-order valence-corrected chi connectivity index (χ4v) is 1.07. The van der Waals surface area contributed by atoms with Crippen LogP contribution in [0, 0.1) is 16.7 Å². The third-order valence-electron chi connectivity index (χ3n) is 2.46. The van der Waals surface area contributed by atoms with E-state index in [-0.39, 0.29) is 12.0 Å². The molecule has 1 amide bonds. The summed E-state index contributed by atoms with van der Waals surface area (Å²) >= 11 is 0. The van der Waals surface area contributed by atoms with Crippen LogP contribution in [0.15, 0.2) is 0 Å². The number of nitrogens with zero attached hydrogens (tertiary/aromatic N) is 1. The highest BCUT2D eigenvalue weighted by Crippen LogP contribution is 2.19. The van der Waals surface area contributed by atoms with E-state index in [2.05, 4.69) is 5.32 Å². The molecule has 0 aromatic rings. The van der Waals surface area contributed by atoms with Gasteiger partial charge in [0.25, 0.3) is 0 Å². The fraction of sp³-hybridized carbons (Fsp3) is 0.818. The molecular formula is C11H20N2O2. The highest BCUT2D eigenvalue weighted by molar-refractivity contribution is 5.84. The van der Waals surface area contributed by atoms with Gasteiger partial charge >= 0.3 is 0 Å². The van der Waals surface area contributed by atoms with Crippen molar-refractivity contribution in [1.82, 2.24) is 5.32 Å². The van der Waals surface area contributed by atoms with Gasteiger partial charge in [0.15, 0.2) is 0 Å². The Kier molecular flexibility index (Phi) is 5.95. The molecule has 0 aliphatic rings. The van der Waals surface area contributed by atoms with E-state index < -0.39 is 5.41 Å². The number of nitriles is 1. The van der Waals surface area contributed by atoms with Gasteiger partial charge in [0.05, 0.1) is 12.2 Å². The zero-order valence-corrected chi connectivity index (χ0v) is 9.96. The molecule has 0 bridgehead atoms. The smallest absolute Gasteiger partial charge is 0.240 e. The van der Waals surface area contributed by atoms with Gasteiger partial charge in [-0.15, -0.1) is 0 Å². The summed E-state index contributed by atoms with van der Waals surface area (Å²) in [5, 5.41) is 11.6. The molecule has 0 aliphatic carbocycles. The molecule has 0 aliphatic heterocycles. The molecule has 86 valence electrons. The predicted octanol–water partition coefficient (Wildman–Crippen LogP) is 1.47. The number of nitrogens with one attached hydrogen (secondary N) is 1. The molecule has 2 unspecified atom stereocenters. The van der Waals surface area contributed by atoms with Crippen LogP contribution >= 0.6 is 0 Å². The number of amides is 1. The Hall–Kier alpha value is -1.08. The molecule has 0 saturated carbocycles. The molecule has 0 saturated heterocycles. The SMILES string of the molecule is CCOC(C)CNC(=O)C(C)(C#N)CC. The molecule has 4 heteroatoms. The van der Waals surface area contributed by atoms with Gasteiger partial charge in [-0.3, -0.25) is 4.79 Å². The number of rotatable bonds is 6. The van der Waals surface area contributed by atoms with Crippen LogP contribution in [0.5, 0.6) is 0 Å². The summed E-state index contributed by atoms with van der Waals surface area (Å²) in [7, 11) is 0. The number of carbonyl (C=O) groups excluding carboxylic acids is 1. The largest absolute Gasteiger partial charge is 0.377 e. The highest BCUT2D eigenvalue weighted by Gasteiger charge is 2.30. The topological polar surface area (TPSA) is 62.1 Å². The van der Waals surface area contributed by atoms with Gasteiger partial charge < -0.3 is 10.1 Å².